The standard InChI is InChI=1S/C11H19N5O2/c1-14(2)4-5-15(3)10-6-9(13-12)7-11(8-10)16(17)18/h6-8,13H,4-5,12H2,1-3H3. The number of likely N-dealkylation sites (N-methyl/N-ethyl adjacent to an activating group) is 2. The van der Waals surface area contributed by atoms with Gasteiger partial charge in [-0.25, -0.2) is 0 Å². The number of anilines is 2. The van der Waals surface area contributed by atoms with Crippen molar-refractivity contribution in [2.45, 2.75) is 0 Å². The van der Waals surface area contributed by atoms with Crippen LogP contribution in [0.4, 0.5) is 17.1 Å². The maximum atomic E-state index is 10.8. The highest BCUT2D eigenvalue weighted by molar-refractivity contribution is 5.63. The van der Waals surface area contributed by atoms with Crippen molar-refractivity contribution in [1.82, 2.24) is 4.90 Å². The zero-order valence-electron chi connectivity index (χ0n) is 10.9. The number of nitrogen functional groups attached to an aromatic ring is 1. The summed E-state index contributed by atoms with van der Waals surface area (Å²) in [5, 5.41) is 10.8. The summed E-state index contributed by atoms with van der Waals surface area (Å²) in [5.41, 5.74) is 3.75. The zero-order chi connectivity index (χ0) is 13.7. The first kappa shape index (κ1) is 14.2. The minimum absolute atomic E-state index is 0.0251. The summed E-state index contributed by atoms with van der Waals surface area (Å²) in [6.45, 7) is 1.64. The first-order valence-corrected chi connectivity index (χ1v) is 5.56. The third kappa shape index (κ3) is 3.86. The first-order valence-electron chi connectivity index (χ1n) is 5.56. The van der Waals surface area contributed by atoms with Crippen LogP contribution >= 0.6 is 0 Å². The number of hydrogen-bond acceptors (Lipinski definition) is 6. The number of non-ortho nitro benzene ring substituents is 1. The van der Waals surface area contributed by atoms with Gasteiger partial charge in [-0.05, 0) is 20.2 Å². The van der Waals surface area contributed by atoms with Crippen LogP contribution in [0.15, 0.2) is 18.2 Å². The lowest BCUT2D eigenvalue weighted by molar-refractivity contribution is -0.384. The van der Waals surface area contributed by atoms with Gasteiger partial charge in [0.05, 0.1) is 10.6 Å². The molecule has 1 rings (SSSR count). The molecule has 1 aromatic carbocycles. The molecule has 0 saturated heterocycles. The zero-order valence-corrected chi connectivity index (χ0v) is 10.9. The minimum atomic E-state index is -0.426. The maximum Gasteiger partial charge on any atom is 0.273 e. The molecule has 0 aliphatic carbocycles. The number of rotatable bonds is 6. The monoisotopic (exact) mass is 253 g/mol. The SMILES string of the molecule is CN(C)CCN(C)c1cc(NN)cc([N+](=O)[O-])c1. The Morgan fingerprint density at radius 2 is 1.94 bits per heavy atom. The van der Waals surface area contributed by atoms with Gasteiger partial charge in [-0.1, -0.05) is 0 Å². The molecule has 0 heterocycles. The van der Waals surface area contributed by atoms with E-state index in [0.29, 0.717) is 5.69 Å². The van der Waals surface area contributed by atoms with E-state index in [-0.39, 0.29) is 5.69 Å². The second kappa shape index (κ2) is 6.18. The van der Waals surface area contributed by atoms with Crippen molar-refractivity contribution in [2.75, 3.05) is 44.6 Å². The lowest BCUT2D eigenvalue weighted by Crippen LogP contribution is -2.28. The van der Waals surface area contributed by atoms with Gasteiger partial charge in [0.25, 0.3) is 5.69 Å². The highest BCUT2D eigenvalue weighted by atomic mass is 16.6. The summed E-state index contributed by atoms with van der Waals surface area (Å²) < 4.78 is 0. The Kier molecular flexibility index (Phi) is 4.87. The summed E-state index contributed by atoms with van der Waals surface area (Å²) >= 11 is 0. The van der Waals surface area contributed by atoms with Crippen LogP contribution in [0.5, 0.6) is 0 Å². The Labute approximate surface area is 106 Å². The van der Waals surface area contributed by atoms with Crippen LogP contribution < -0.4 is 16.2 Å². The van der Waals surface area contributed by atoms with Crippen molar-refractivity contribution in [3.8, 4) is 0 Å². The minimum Gasteiger partial charge on any atom is -0.373 e. The van der Waals surface area contributed by atoms with Crippen molar-refractivity contribution in [1.29, 1.82) is 0 Å². The van der Waals surface area contributed by atoms with Gasteiger partial charge in [-0.3, -0.25) is 16.0 Å². The highest BCUT2D eigenvalue weighted by Crippen LogP contribution is 2.25. The van der Waals surface area contributed by atoms with Gasteiger partial charge in [0, 0.05) is 38.0 Å². The number of hydrazine groups is 1. The molecular formula is C11H19N5O2. The van der Waals surface area contributed by atoms with E-state index in [1.54, 1.807) is 6.07 Å². The number of benzene rings is 1. The molecule has 0 aliphatic heterocycles. The van der Waals surface area contributed by atoms with Crippen molar-refractivity contribution in [2.24, 2.45) is 5.84 Å². The fourth-order valence-corrected chi connectivity index (χ4v) is 1.48. The normalized spacial score (nSPS) is 10.5. The molecule has 0 aromatic heterocycles. The fraction of sp³-hybridized carbons (Fsp3) is 0.455. The second-order valence-electron chi connectivity index (χ2n) is 4.36. The molecule has 0 spiro atoms. The van der Waals surface area contributed by atoms with Crippen LogP contribution in [0.1, 0.15) is 0 Å². The van der Waals surface area contributed by atoms with Crippen LogP contribution in [0.25, 0.3) is 0 Å². The summed E-state index contributed by atoms with van der Waals surface area (Å²) in [4.78, 5) is 14.4. The number of nitro benzene ring substituents is 1. The van der Waals surface area contributed by atoms with Gasteiger partial charge in [-0.2, -0.15) is 0 Å². The third-order valence-corrected chi connectivity index (χ3v) is 2.60. The van der Waals surface area contributed by atoms with Crippen LogP contribution in [-0.4, -0.2) is 44.1 Å². The Morgan fingerprint density at radius 1 is 1.28 bits per heavy atom. The molecule has 0 fully saturated rings. The summed E-state index contributed by atoms with van der Waals surface area (Å²) in [5.74, 6) is 5.31. The van der Waals surface area contributed by atoms with Crippen molar-refractivity contribution < 1.29 is 4.92 Å². The van der Waals surface area contributed by atoms with E-state index in [0.717, 1.165) is 18.8 Å². The Balaban J connectivity index is 2.93. The number of hydrogen-bond donors (Lipinski definition) is 2. The third-order valence-electron chi connectivity index (χ3n) is 2.60. The highest BCUT2D eigenvalue weighted by Gasteiger charge is 2.11. The van der Waals surface area contributed by atoms with E-state index in [1.807, 2.05) is 26.0 Å². The molecular weight excluding hydrogens is 234 g/mol. The van der Waals surface area contributed by atoms with Crippen molar-refractivity contribution in [3.63, 3.8) is 0 Å². The van der Waals surface area contributed by atoms with Crippen LogP contribution in [0, 0.1) is 10.1 Å². The molecule has 0 atom stereocenters. The topological polar surface area (TPSA) is 87.7 Å². The molecule has 7 nitrogen and oxygen atoms in total. The predicted molar refractivity (Wildman–Crippen MR) is 72.7 cm³/mol. The molecule has 18 heavy (non-hydrogen) atoms. The van der Waals surface area contributed by atoms with E-state index >= 15 is 0 Å². The summed E-state index contributed by atoms with van der Waals surface area (Å²) in [7, 11) is 5.85. The van der Waals surface area contributed by atoms with Gasteiger partial charge in [0.15, 0.2) is 0 Å². The van der Waals surface area contributed by atoms with Gasteiger partial charge in [0.2, 0.25) is 0 Å². The number of nitro groups is 1. The average molecular weight is 253 g/mol. The number of nitrogens with two attached hydrogens (primary N) is 1. The molecule has 100 valence electrons. The van der Waals surface area contributed by atoms with Gasteiger partial charge < -0.3 is 15.2 Å². The molecule has 0 bridgehead atoms. The fourth-order valence-electron chi connectivity index (χ4n) is 1.48. The van der Waals surface area contributed by atoms with Crippen LogP contribution in [0.3, 0.4) is 0 Å². The molecule has 0 radical (unpaired) electrons. The molecule has 7 heteroatoms. The van der Waals surface area contributed by atoms with Gasteiger partial charge in [-0.15, -0.1) is 0 Å². The summed E-state index contributed by atoms with van der Waals surface area (Å²) in [6, 6.07) is 4.72. The lowest BCUT2D eigenvalue weighted by atomic mass is 10.2. The summed E-state index contributed by atoms with van der Waals surface area (Å²) in [6.07, 6.45) is 0. The van der Waals surface area contributed by atoms with Gasteiger partial charge in [0.1, 0.15) is 0 Å². The molecule has 0 unspecified atom stereocenters. The predicted octanol–water partition coefficient (Wildman–Crippen LogP) is 0.878. The lowest BCUT2D eigenvalue weighted by Gasteiger charge is -2.22. The van der Waals surface area contributed by atoms with E-state index in [9.17, 15) is 10.1 Å². The molecule has 0 saturated carbocycles. The van der Waals surface area contributed by atoms with E-state index in [2.05, 4.69) is 10.3 Å². The molecule has 1 aromatic rings. The van der Waals surface area contributed by atoms with E-state index < -0.39 is 4.92 Å². The molecule has 3 N–H and O–H groups in total. The number of nitrogens with zero attached hydrogens (tertiary/aromatic N) is 3. The first-order chi connectivity index (χ1) is 8.43. The number of nitrogens with one attached hydrogen (secondary N) is 1. The quantitative estimate of drug-likeness (QED) is 0.444. The Morgan fingerprint density at radius 3 is 2.44 bits per heavy atom. The maximum absolute atomic E-state index is 10.8. The average Bonchev–Trinajstić information content (AvgIpc) is 2.35. The smallest absolute Gasteiger partial charge is 0.273 e. The van der Waals surface area contributed by atoms with Crippen LogP contribution in [0.2, 0.25) is 0 Å². The Hall–Kier alpha value is -1.86. The van der Waals surface area contributed by atoms with Crippen molar-refractivity contribution >= 4 is 17.1 Å². The largest absolute Gasteiger partial charge is 0.373 e. The van der Waals surface area contributed by atoms with Crippen LogP contribution in [-0.2, 0) is 0 Å². The van der Waals surface area contributed by atoms with E-state index in [1.165, 1.54) is 12.1 Å². The second-order valence-corrected chi connectivity index (χ2v) is 4.36. The molecule has 0 amide bonds. The molecule has 0 aliphatic rings. The van der Waals surface area contributed by atoms with Crippen molar-refractivity contribution in [3.05, 3.63) is 28.3 Å². The van der Waals surface area contributed by atoms with E-state index in [4.69, 9.17) is 5.84 Å². The Bertz CT molecular complexity index is 422. The van der Waals surface area contributed by atoms with Gasteiger partial charge >= 0.3 is 0 Å².